The molecule has 0 unspecified atom stereocenters. The Morgan fingerprint density at radius 3 is 2.34 bits per heavy atom. The number of anilines is 1. The van der Waals surface area contributed by atoms with Crippen LogP contribution in [-0.4, -0.2) is 24.3 Å². The number of benzene rings is 3. The number of ketones is 1. The van der Waals surface area contributed by atoms with Crippen LogP contribution < -0.4 is 5.32 Å². The van der Waals surface area contributed by atoms with Crippen LogP contribution in [0.2, 0.25) is 0 Å². The quantitative estimate of drug-likeness (QED) is 0.491. The second-order valence-electron chi connectivity index (χ2n) is 6.26. The topological polar surface area (TPSA) is 72.5 Å². The number of ether oxygens (including phenoxy) is 1. The van der Waals surface area contributed by atoms with Gasteiger partial charge in [0.2, 0.25) is 0 Å². The Hall–Kier alpha value is -3.80. The minimum atomic E-state index is -0.653. The molecular formula is C23H18FNO4. The van der Waals surface area contributed by atoms with Crippen LogP contribution >= 0.6 is 0 Å². The van der Waals surface area contributed by atoms with Gasteiger partial charge in [-0.15, -0.1) is 0 Å². The van der Waals surface area contributed by atoms with Crippen LogP contribution in [0.25, 0.3) is 0 Å². The van der Waals surface area contributed by atoms with Gasteiger partial charge in [0, 0.05) is 11.1 Å². The number of nitrogens with one attached hydrogen (secondary N) is 1. The predicted octanol–water partition coefficient (Wildman–Crippen LogP) is 3.78. The Balaban J connectivity index is 1.60. The molecule has 1 N–H and O–H groups in total. The molecule has 0 aliphatic carbocycles. The second kappa shape index (κ2) is 9.41. The van der Waals surface area contributed by atoms with Gasteiger partial charge < -0.3 is 10.1 Å². The van der Waals surface area contributed by atoms with Crippen molar-refractivity contribution < 1.29 is 23.5 Å². The number of para-hydroxylation sites is 1. The molecule has 6 heteroatoms. The second-order valence-corrected chi connectivity index (χ2v) is 6.26. The van der Waals surface area contributed by atoms with Gasteiger partial charge in [-0.2, -0.15) is 0 Å². The number of hydrogen-bond donors (Lipinski definition) is 1. The summed E-state index contributed by atoms with van der Waals surface area (Å²) >= 11 is 0. The lowest BCUT2D eigenvalue weighted by Crippen LogP contribution is -2.22. The summed E-state index contributed by atoms with van der Waals surface area (Å²) in [6.45, 7) is -0.512. The number of amides is 1. The molecule has 0 saturated heterocycles. The molecule has 3 aromatic carbocycles. The maximum absolute atomic E-state index is 13.2. The fourth-order valence-electron chi connectivity index (χ4n) is 2.73. The molecule has 29 heavy (non-hydrogen) atoms. The van der Waals surface area contributed by atoms with Gasteiger partial charge in [0.15, 0.2) is 12.4 Å². The number of carbonyl (C=O) groups excluding carboxylic acids is 3. The molecule has 3 aromatic rings. The third kappa shape index (κ3) is 5.59. The third-order valence-corrected chi connectivity index (χ3v) is 4.08. The molecule has 0 atom stereocenters. The first-order valence-corrected chi connectivity index (χ1v) is 8.91. The summed E-state index contributed by atoms with van der Waals surface area (Å²) in [5.74, 6) is -1.91. The van der Waals surface area contributed by atoms with E-state index in [0.29, 0.717) is 22.4 Å². The largest absolute Gasteiger partial charge is 0.455 e. The van der Waals surface area contributed by atoms with Crippen LogP contribution in [0.3, 0.4) is 0 Å². The smallest absolute Gasteiger partial charge is 0.310 e. The summed E-state index contributed by atoms with van der Waals surface area (Å²) in [4.78, 5) is 36.7. The van der Waals surface area contributed by atoms with Crippen LogP contribution in [0.1, 0.15) is 21.5 Å². The van der Waals surface area contributed by atoms with Gasteiger partial charge >= 0.3 is 5.97 Å². The molecule has 1 amide bonds. The number of esters is 1. The van der Waals surface area contributed by atoms with E-state index in [1.54, 1.807) is 54.6 Å². The van der Waals surface area contributed by atoms with Crippen LogP contribution in [0.15, 0.2) is 78.9 Å². The van der Waals surface area contributed by atoms with Crippen LogP contribution in [-0.2, 0) is 20.7 Å². The SMILES string of the molecule is O=C(COC(=O)Cc1cccc(F)c1)Nc1ccccc1C(=O)c1ccccc1. The number of halogens is 1. The lowest BCUT2D eigenvalue weighted by molar-refractivity contribution is -0.146. The molecule has 0 spiro atoms. The van der Waals surface area contributed by atoms with Crippen molar-refractivity contribution >= 4 is 23.3 Å². The van der Waals surface area contributed by atoms with Crippen molar-refractivity contribution in [2.24, 2.45) is 0 Å². The lowest BCUT2D eigenvalue weighted by atomic mass is 10.0. The normalized spacial score (nSPS) is 10.2. The summed E-state index contributed by atoms with van der Waals surface area (Å²) in [5, 5.41) is 2.59. The number of hydrogen-bond acceptors (Lipinski definition) is 4. The standard InChI is InChI=1S/C23H18FNO4/c24-18-10-6-7-16(13-18)14-22(27)29-15-21(26)25-20-12-5-4-11-19(20)23(28)17-8-2-1-3-9-17/h1-13H,14-15H2,(H,25,26). The van der Waals surface area contributed by atoms with Crippen molar-refractivity contribution in [1.29, 1.82) is 0 Å². The average molecular weight is 391 g/mol. The van der Waals surface area contributed by atoms with Crippen LogP contribution in [0.4, 0.5) is 10.1 Å². The van der Waals surface area contributed by atoms with Crippen molar-refractivity contribution in [2.75, 3.05) is 11.9 Å². The molecule has 0 radical (unpaired) electrons. The minimum Gasteiger partial charge on any atom is -0.455 e. The van der Waals surface area contributed by atoms with E-state index >= 15 is 0 Å². The molecular weight excluding hydrogens is 373 g/mol. The minimum absolute atomic E-state index is 0.145. The Labute approximate surface area is 167 Å². The molecule has 0 aliphatic heterocycles. The average Bonchev–Trinajstić information content (AvgIpc) is 2.73. The first-order chi connectivity index (χ1) is 14.0. The van der Waals surface area contributed by atoms with Gasteiger partial charge in [-0.05, 0) is 29.8 Å². The van der Waals surface area contributed by atoms with E-state index in [4.69, 9.17) is 4.74 Å². The monoisotopic (exact) mass is 391 g/mol. The highest BCUT2D eigenvalue weighted by Crippen LogP contribution is 2.19. The highest BCUT2D eigenvalue weighted by molar-refractivity contribution is 6.13. The van der Waals surface area contributed by atoms with Crippen molar-refractivity contribution in [3.8, 4) is 0 Å². The van der Waals surface area contributed by atoms with E-state index in [2.05, 4.69) is 5.32 Å². The van der Waals surface area contributed by atoms with Crippen molar-refractivity contribution in [1.82, 2.24) is 0 Å². The molecule has 0 bridgehead atoms. The van der Waals surface area contributed by atoms with Crippen LogP contribution in [0, 0.1) is 5.82 Å². The van der Waals surface area contributed by atoms with Gasteiger partial charge in [0.1, 0.15) is 5.82 Å². The zero-order valence-electron chi connectivity index (χ0n) is 15.4. The predicted molar refractivity (Wildman–Crippen MR) is 106 cm³/mol. The Morgan fingerprint density at radius 2 is 1.59 bits per heavy atom. The summed E-state index contributed by atoms with van der Waals surface area (Å²) in [7, 11) is 0. The Kier molecular flexibility index (Phi) is 6.47. The van der Waals surface area contributed by atoms with Crippen molar-refractivity contribution in [3.63, 3.8) is 0 Å². The number of rotatable bonds is 7. The van der Waals surface area contributed by atoms with Gasteiger partial charge in [-0.25, -0.2) is 4.39 Å². The molecule has 0 fully saturated rings. The summed E-state index contributed by atoms with van der Waals surface area (Å²) < 4.78 is 18.1. The molecule has 0 aliphatic rings. The van der Waals surface area contributed by atoms with Crippen LogP contribution in [0.5, 0.6) is 0 Å². The van der Waals surface area contributed by atoms with Gasteiger partial charge in [-0.1, -0.05) is 54.6 Å². The zero-order chi connectivity index (χ0) is 20.6. The molecule has 146 valence electrons. The van der Waals surface area contributed by atoms with Gasteiger partial charge in [-0.3, -0.25) is 14.4 Å². The maximum atomic E-state index is 13.2. The third-order valence-electron chi connectivity index (χ3n) is 4.08. The first-order valence-electron chi connectivity index (χ1n) is 8.91. The Morgan fingerprint density at radius 1 is 0.862 bits per heavy atom. The van der Waals surface area contributed by atoms with E-state index in [1.807, 2.05) is 6.07 Å². The molecule has 0 aromatic heterocycles. The zero-order valence-corrected chi connectivity index (χ0v) is 15.4. The van der Waals surface area contributed by atoms with E-state index in [-0.39, 0.29) is 12.2 Å². The molecule has 0 heterocycles. The maximum Gasteiger partial charge on any atom is 0.310 e. The highest BCUT2D eigenvalue weighted by atomic mass is 19.1. The van der Waals surface area contributed by atoms with Gasteiger partial charge in [0.25, 0.3) is 5.91 Å². The first kappa shape index (κ1) is 19.9. The molecule has 5 nitrogen and oxygen atoms in total. The Bertz CT molecular complexity index is 1030. The van der Waals surface area contributed by atoms with E-state index < -0.39 is 24.3 Å². The molecule has 3 rings (SSSR count). The summed E-state index contributed by atoms with van der Waals surface area (Å²) in [5.41, 5.74) is 1.61. The fourth-order valence-corrected chi connectivity index (χ4v) is 2.73. The number of carbonyl (C=O) groups is 3. The molecule has 0 saturated carbocycles. The van der Waals surface area contributed by atoms with E-state index in [1.165, 1.54) is 18.2 Å². The van der Waals surface area contributed by atoms with Crippen molar-refractivity contribution in [2.45, 2.75) is 6.42 Å². The van der Waals surface area contributed by atoms with Crippen molar-refractivity contribution in [3.05, 3.63) is 101 Å². The lowest BCUT2D eigenvalue weighted by Gasteiger charge is -2.11. The van der Waals surface area contributed by atoms with E-state index in [0.717, 1.165) is 0 Å². The highest BCUT2D eigenvalue weighted by Gasteiger charge is 2.15. The van der Waals surface area contributed by atoms with Gasteiger partial charge in [0.05, 0.1) is 12.1 Å². The summed E-state index contributed by atoms with van der Waals surface area (Å²) in [6.07, 6.45) is -0.145. The van der Waals surface area contributed by atoms with E-state index in [9.17, 15) is 18.8 Å². The fraction of sp³-hybridized carbons (Fsp3) is 0.0870. The summed E-state index contributed by atoms with van der Waals surface area (Å²) in [6, 6.07) is 20.9.